The average molecular weight is 147 g/mol. The van der Waals surface area contributed by atoms with Crippen LogP contribution in [0.2, 0.25) is 0 Å². The number of hydrogen-bond acceptors (Lipinski definition) is 2. The van der Waals surface area contributed by atoms with Gasteiger partial charge in [-0.1, -0.05) is 0 Å². The molecule has 0 unspecified atom stereocenters. The van der Waals surface area contributed by atoms with Crippen LogP contribution in [-0.2, 0) is 0 Å². The zero-order chi connectivity index (χ0) is 4.41. The number of halogens is 1. The van der Waals surface area contributed by atoms with Gasteiger partial charge in [-0.05, 0) is 15.9 Å². The van der Waals surface area contributed by atoms with Gasteiger partial charge in [0.25, 0.3) is 0 Å². The lowest BCUT2D eigenvalue weighted by atomic mass is 11.0. The third-order valence-corrected chi connectivity index (χ3v) is 0.880. The van der Waals surface area contributed by atoms with E-state index in [0.29, 0.717) is 0 Å². The molecule has 1 rings (SSSR count). The summed E-state index contributed by atoms with van der Waals surface area (Å²) in [4.78, 5) is 0. The third kappa shape index (κ3) is 0.653. The van der Waals surface area contributed by atoms with Gasteiger partial charge in [0.15, 0.2) is 0 Å². The van der Waals surface area contributed by atoms with Crippen molar-refractivity contribution in [1.82, 2.24) is 10.6 Å². The Bertz CT molecular complexity index is 78.9. The Morgan fingerprint density at radius 2 is 2.67 bits per heavy atom. The predicted octanol–water partition coefficient (Wildman–Crippen LogP) is 0.369. The molecule has 1 aliphatic rings. The third-order valence-electron chi connectivity index (χ3n) is 0.453. The molecule has 6 heavy (non-hydrogen) atoms. The minimum Gasteiger partial charge on any atom is -0.359 e. The summed E-state index contributed by atoms with van der Waals surface area (Å²) >= 11 is 3.16. The van der Waals surface area contributed by atoms with E-state index in [-0.39, 0.29) is 0 Å². The molecular weight excluding hydrogens is 144 g/mol. The molecule has 0 spiro atoms. The summed E-state index contributed by atoms with van der Waals surface area (Å²) in [5.41, 5.74) is 0. The van der Waals surface area contributed by atoms with Crippen molar-refractivity contribution in [3.8, 4) is 0 Å². The fourth-order valence-corrected chi connectivity index (χ4v) is 0.445. The summed E-state index contributed by atoms with van der Waals surface area (Å²) < 4.78 is 0.919. The minimum atomic E-state index is 0.919. The second-order valence-electron chi connectivity index (χ2n) is 0.887. The van der Waals surface area contributed by atoms with Crippen LogP contribution < -0.4 is 10.6 Å². The van der Waals surface area contributed by atoms with Crippen molar-refractivity contribution in [2.24, 2.45) is 0 Å². The summed E-state index contributed by atoms with van der Waals surface area (Å²) in [7, 11) is 0. The number of nitrogens with one attached hydrogen (secondary N) is 2. The Hall–Kier alpha value is -0.180. The van der Waals surface area contributed by atoms with Gasteiger partial charge in [-0.2, -0.15) is 0 Å². The van der Waals surface area contributed by atoms with Crippen molar-refractivity contribution in [2.75, 3.05) is 0 Å². The van der Waals surface area contributed by atoms with Crippen molar-refractivity contribution in [1.29, 1.82) is 0 Å². The molecular formula is C3H3BrN2. The van der Waals surface area contributed by atoms with Gasteiger partial charge in [-0.25, -0.2) is 0 Å². The molecule has 0 bridgehead atoms. The topological polar surface area (TPSA) is 24.1 Å². The molecule has 0 aliphatic carbocycles. The summed E-state index contributed by atoms with van der Waals surface area (Å²) in [6.07, 6.45) is 1.76. The number of hydrogen-bond donors (Lipinski definition) is 2. The molecule has 0 saturated carbocycles. The lowest BCUT2D eigenvalue weighted by Gasteiger charge is -1.82. The Balaban J connectivity index is 2.45. The van der Waals surface area contributed by atoms with Crippen molar-refractivity contribution in [2.45, 2.75) is 0 Å². The van der Waals surface area contributed by atoms with Gasteiger partial charge in [0.1, 0.15) is 0 Å². The lowest BCUT2D eigenvalue weighted by Crippen LogP contribution is -2.03. The average Bonchev–Trinajstić information content (AvgIpc) is 1.86. The maximum absolute atomic E-state index is 3.16. The van der Waals surface area contributed by atoms with Crippen LogP contribution >= 0.6 is 15.9 Å². The molecule has 0 aromatic heterocycles. The molecule has 3 heteroatoms. The largest absolute Gasteiger partial charge is 0.359 e. The van der Waals surface area contributed by atoms with Crippen LogP contribution in [0.25, 0.3) is 0 Å². The highest BCUT2D eigenvalue weighted by Crippen LogP contribution is 2.00. The Labute approximate surface area is 44.7 Å². The van der Waals surface area contributed by atoms with Crippen molar-refractivity contribution in [3.05, 3.63) is 17.5 Å². The van der Waals surface area contributed by atoms with Crippen LogP contribution in [0.5, 0.6) is 0 Å². The molecule has 0 aromatic carbocycles. The fraction of sp³-hybridized carbons (Fsp3) is 0. The van der Waals surface area contributed by atoms with Crippen molar-refractivity contribution < 1.29 is 0 Å². The molecule has 32 valence electrons. The van der Waals surface area contributed by atoms with Crippen LogP contribution in [-0.4, -0.2) is 0 Å². The van der Waals surface area contributed by atoms with Crippen LogP contribution in [0.4, 0.5) is 0 Å². The first kappa shape index (κ1) is 3.99. The van der Waals surface area contributed by atoms with E-state index in [9.17, 15) is 0 Å². The summed E-state index contributed by atoms with van der Waals surface area (Å²) in [5.74, 6) is 0. The monoisotopic (exact) mass is 146 g/mol. The van der Waals surface area contributed by atoms with E-state index in [1.165, 1.54) is 0 Å². The van der Waals surface area contributed by atoms with E-state index in [2.05, 4.69) is 33.2 Å². The van der Waals surface area contributed by atoms with Crippen molar-refractivity contribution in [3.63, 3.8) is 0 Å². The zero-order valence-electron chi connectivity index (χ0n) is 2.96. The van der Waals surface area contributed by atoms with E-state index >= 15 is 0 Å². The molecule has 1 aliphatic heterocycles. The summed E-state index contributed by atoms with van der Waals surface area (Å²) in [6.45, 7) is 2.63. The molecule has 0 amide bonds. The zero-order valence-corrected chi connectivity index (χ0v) is 4.54. The van der Waals surface area contributed by atoms with Gasteiger partial charge in [-0.3, -0.25) is 0 Å². The Morgan fingerprint density at radius 1 is 1.83 bits per heavy atom. The molecule has 0 saturated heterocycles. The fourth-order valence-electron chi connectivity index (χ4n) is 0.231. The van der Waals surface area contributed by atoms with Gasteiger partial charge in [-0.15, -0.1) is 0 Å². The van der Waals surface area contributed by atoms with Crippen LogP contribution in [0, 0.1) is 6.67 Å². The number of rotatable bonds is 0. The molecule has 0 fully saturated rings. The maximum atomic E-state index is 3.16. The molecule has 2 nitrogen and oxygen atoms in total. The standard InChI is InChI=1S/C3H3BrN2/c4-3-1-5-2-6-3/h1,5-6H. The van der Waals surface area contributed by atoms with Gasteiger partial charge in [0.2, 0.25) is 6.67 Å². The van der Waals surface area contributed by atoms with Gasteiger partial charge in [0.05, 0.1) is 4.61 Å². The smallest absolute Gasteiger partial charge is 0.203 e. The van der Waals surface area contributed by atoms with Gasteiger partial charge < -0.3 is 10.6 Å². The van der Waals surface area contributed by atoms with E-state index in [4.69, 9.17) is 0 Å². The Morgan fingerprint density at radius 3 is 2.83 bits per heavy atom. The highest BCUT2D eigenvalue weighted by Gasteiger charge is 1.94. The highest BCUT2D eigenvalue weighted by molar-refractivity contribution is 9.11. The second kappa shape index (κ2) is 1.51. The first-order chi connectivity index (χ1) is 2.89. The first-order valence-corrected chi connectivity index (χ1v) is 2.31. The predicted molar refractivity (Wildman–Crippen MR) is 26.5 cm³/mol. The summed E-state index contributed by atoms with van der Waals surface area (Å²) in [6, 6.07) is 0. The maximum Gasteiger partial charge on any atom is 0.203 e. The van der Waals surface area contributed by atoms with E-state index in [1.54, 1.807) is 6.20 Å². The molecule has 0 aromatic rings. The van der Waals surface area contributed by atoms with Crippen LogP contribution in [0.1, 0.15) is 0 Å². The van der Waals surface area contributed by atoms with Gasteiger partial charge in [0, 0.05) is 6.20 Å². The normalized spacial score (nSPS) is 18.5. The highest BCUT2D eigenvalue weighted by atomic mass is 79.9. The van der Waals surface area contributed by atoms with Crippen molar-refractivity contribution >= 4 is 15.9 Å². The van der Waals surface area contributed by atoms with Gasteiger partial charge >= 0.3 is 0 Å². The minimum absolute atomic E-state index is 0.919. The summed E-state index contributed by atoms with van der Waals surface area (Å²) in [5, 5.41) is 5.44. The Kier molecular flexibility index (Phi) is 1.01. The van der Waals surface area contributed by atoms with E-state index in [0.717, 1.165) is 4.61 Å². The molecule has 2 radical (unpaired) electrons. The lowest BCUT2D eigenvalue weighted by molar-refractivity contribution is 0.977. The first-order valence-electron chi connectivity index (χ1n) is 1.52. The van der Waals surface area contributed by atoms with Crippen LogP contribution in [0.3, 0.4) is 0 Å². The SMILES string of the molecule is BrC1=CN[C]N1. The quantitative estimate of drug-likeness (QED) is 0.483. The van der Waals surface area contributed by atoms with Crippen LogP contribution in [0.15, 0.2) is 10.8 Å². The molecule has 0 atom stereocenters. The molecule has 1 heterocycles. The molecule has 2 N–H and O–H groups in total. The van der Waals surface area contributed by atoms with E-state index in [1.807, 2.05) is 0 Å². The van der Waals surface area contributed by atoms with E-state index < -0.39 is 0 Å². The second-order valence-corrected chi connectivity index (χ2v) is 1.74.